The van der Waals surface area contributed by atoms with Gasteiger partial charge in [-0.1, -0.05) is 18.2 Å². The van der Waals surface area contributed by atoms with Crippen LogP contribution in [0, 0.1) is 11.3 Å². The van der Waals surface area contributed by atoms with Crippen LogP contribution in [-0.4, -0.2) is 51.7 Å². The van der Waals surface area contributed by atoms with Gasteiger partial charge in [0.05, 0.1) is 28.3 Å². The largest absolute Gasteiger partial charge is 0.356 e. The fraction of sp³-hybridized carbons (Fsp3) is 0.379. The zero-order valence-electron chi connectivity index (χ0n) is 21.2. The van der Waals surface area contributed by atoms with Gasteiger partial charge >= 0.3 is 0 Å². The van der Waals surface area contributed by atoms with Gasteiger partial charge in [0.2, 0.25) is 11.8 Å². The number of aromatic amines is 1. The molecule has 1 aliphatic heterocycles. The van der Waals surface area contributed by atoms with Gasteiger partial charge in [0.15, 0.2) is 5.78 Å². The zero-order valence-corrected chi connectivity index (χ0v) is 21.2. The number of para-hydroxylation sites is 1. The van der Waals surface area contributed by atoms with Gasteiger partial charge in [-0.05, 0) is 50.5 Å². The fourth-order valence-corrected chi connectivity index (χ4v) is 5.66. The Kier molecular flexibility index (Phi) is 6.01. The molecule has 8 nitrogen and oxygen atoms in total. The number of aromatic nitrogens is 2. The molecule has 2 aromatic heterocycles. The third-order valence-corrected chi connectivity index (χ3v) is 7.78. The van der Waals surface area contributed by atoms with E-state index in [9.17, 15) is 18.8 Å². The molecule has 38 heavy (non-hydrogen) atoms. The summed E-state index contributed by atoms with van der Waals surface area (Å²) in [6.07, 6.45) is 3.25. The summed E-state index contributed by atoms with van der Waals surface area (Å²) in [7, 11) is 0. The number of benzene rings is 1. The lowest BCUT2D eigenvalue weighted by molar-refractivity contribution is -0.140. The number of rotatable bonds is 6. The number of amides is 2. The van der Waals surface area contributed by atoms with E-state index in [0.29, 0.717) is 40.4 Å². The van der Waals surface area contributed by atoms with Crippen molar-refractivity contribution >= 4 is 34.8 Å². The second-order valence-electron chi connectivity index (χ2n) is 10.8. The lowest BCUT2D eigenvalue weighted by atomic mass is 9.73. The van der Waals surface area contributed by atoms with Crippen molar-refractivity contribution in [2.75, 3.05) is 23.7 Å². The molecular weight excluding hydrogens is 485 g/mol. The molecule has 2 aliphatic carbocycles. The molecule has 0 radical (unpaired) electrons. The highest BCUT2D eigenvalue weighted by Crippen LogP contribution is 2.45. The first kappa shape index (κ1) is 24.3. The van der Waals surface area contributed by atoms with Crippen LogP contribution in [0.5, 0.6) is 0 Å². The first-order valence-corrected chi connectivity index (χ1v) is 13.1. The Hall–Kier alpha value is -4.01. The third-order valence-electron chi connectivity index (χ3n) is 7.78. The number of alkyl halides is 1. The van der Waals surface area contributed by atoms with Crippen LogP contribution in [0.2, 0.25) is 0 Å². The minimum atomic E-state index is -1.10. The minimum Gasteiger partial charge on any atom is -0.356 e. The highest BCUT2D eigenvalue weighted by Gasteiger charge is 2.46. The average molecular weight is 516 g/mol. The Balaban J connectivity index is 1.38. The summed E-state index contributed by atoms with van der Waals surface area (Å²) in [5, 5.41) is 6.11. The zero-order chi connectivity index (χ0) is 26.4. The molecule has 0 bridgehead atoms. The summed E-state index contributed by atoms with van der Waals surface area (Å²) in [6.45, 7) is 3.36. The third kappa shape index (κ3) is 4.46. The van der Waals surface area contributed by atoms with E-state index in [1.165, 1.54) is 0 Å². The van der Waals surface area contributed by atoms with Gasteiger partial charge in [0, 0.05) is 49.1 Å². The van der Waals surface area contributed by atoms with E-state index in [2.05, 4.69) is 20.6 Å². The summed E-state index contributed by atoms with van der Waals surface area (Å²) >= 11 is 0. The molecule has 1 unspecified atom stereocenters. The predicted molar refractivity (Wildman–Crippen MR) is 142 cm³/mol. The molecule has 1 saturated carbocycles. The van der Waals surface area contributed by atoms with Gasteiger partial charge in [0.1, 0.15) is 12.0 Å². The number of carbonyl (C=O) groups is 3. The number of fused-ring (bicyclic) bond motifs is 1. The summed E-state index contributed by atoms with van der Waals surface area (Å²) < 4.78 is 13.4. The number of carbonyl (C=O) groups excluding carboxylic acids is 3. The SMILES string of the molecule is CC1(C(=O)N2CCCC2)CC(=O)c2c([nH]c(-c3ccnc(NC(=O)[C@@H]4C[C@@H]4F)c3)c2Nc2ccccc2)C1. The Bertz CT molecular complexity index is 1410. The van der Waals surface area contributed by atoms with Crippen molar-refractivity contribution in [3.63, 3.8) is 0 Å². The van der Waals surface area contributed by atoms with E-state index in [1.807, 2.05) is 42.2 Å². The van der Waals surface area contributed by atoms with Gasteiger partial charge in [-0.3, -0.25) is 14.4 Å². The molecular formula is C29H30FN5O3. The normalized spacial score (nSPS) is 24.2. The maximum Gasteiger partial charge on any atom is 0.231 e. The van der Waals surface area contributed by atoms with Crippen molar-refractivity contribution < 1.29 is 18.8 Å². The Labute approximate surface area is 220 Å². The van der Waals surface area contributed by atoms with Gasteiger partial charge in [-0.2, -0.15) is 0 Å². The average Bonchev–Trinajstić information content (AvgIpc) is 3.27. The van der Waals surface area contributed by atoms with Crippen LogP contribution in [0.15, 0.2) is 48.7 Å². The highest BCUT2D eigenvalue weighted by atomic mass is 19.1. The van der Waals surface area contributed by atoms with E-state index in [1.54, 1.807) is 18.3 Å². The number of hydrogen-bond acceptors (Lipinski definition) is 5. The van der Waals surface area contributed by atoms with E-state index in [4.69, 9.17) is 0 Å². The number of likely N-dealkylation sites (tertiary alicyclic amines) is 1. The smallest absolute Gasteiger partial charge is 0.231 e. The topological polar surface area (TPSA) is 107 Å². The van der Waals surface area contributed by atoms with Crippen LogP contribution in [0.25, 0.3) is 11.3 Å². The van der Waals surface area contributed by atoms with Crippen LogP contribution >= 0.6 is 0 Å². The highest BCUT2D eigenvalue weighted by molar-refractivity contribution is 6.10. The van der Waals surface area contributed by atoms with Crippen molar-refractivity contribution in [3.8, 4) is 11.3 Å². The molecule has 3 aromatic rings. The van der Waals surface area contributed by atoms with Crippen LogP contribution in [0.4, 0.5) is 21.6 Å². The van der Waals surface area contributed by atoms with Gasteiger partial charge in [-0.25, -0.2) is 9.37 Å². The predicted octanol–water partition coefficient (Wildman–Crippen LogP) is 4.87. The van der Waals surface area contributed by atoms with Crippen LogP contribution in [0.1, 0.15) is 48.7 Å². The summed E-state index contributed by atoms with van der Waals surface area (Å²) in [4.78, 5) is 48.9. The molecule has 0 spiro atoms. The summed E-state index contributed by atoms with van der Waals surface area (Å²) in [5.74, 6) is -0.764. The van der Waals surface area contributed by atoms with Crippen molar-refractivity contribution in [1.82, 2.24) is 14.9 Å². The molecule has 3 atom stereocenters. The van der Waals surface area contributed by atoms with Crippen molar-refractivity contribution in [2.24, 2.45) is 11.3 Å². The Morgan fingerprint density at radius 1 is 1.13 bits per heavy atom. The number of ketones is 1. The molecule has 3 aliphatic rings. The van der Waals surface area contributed by atoms with Gasteiger partial charge < -0.3 is 20.5 Å². The molecule has 9 heteroatoms. The number of nitrogens with one attached hydrogen (secondary N) is 3. The Morgan fingerprint density at radius 2 is 1.87 bits per heavy atom. The number of anilines is 3. The van der Waals surface area contributed by atoms with Crippen LogP contribution in [-0.2, 0) is 16.0 Å². The first-order chi connectivity index (χ1) is 18.3. The second kappa shape index (κ2) is 9.38. The van der Waals surface area contributed by atoms with Crippen LogP contribution in [0.3, 0.4) is 0 Å². The number of Topliss-reactive ketones (excluding diaryl/α,β-unsaturated/α-hetero) is 1. The van der Waals surface area contributed by atoms with Crippen molar-refractivity contribution in [1.29, 1.82) is 0 Å². The lowest BCUT2D eigenvalue weighted by Crippen LogP contribution is -2.45. The fourth-order valence-electron chi connectivity index (χ4n) is 5.66. The quantitative estimate of drug-likeness (QED) is 0.434. The van der Waals surface area contributed by atoms with E-state index in [-0.39, 0.29) is 30.4 Å². The molecule has 1 aromatic carbocycles. The molecule has 3 heterocycles. The van der Waals surface area contributed by atoms with E-state index in [0.717, 1.165) is 31.6 Å². The molecule has 196 valence electrons. The maximum atomic E-state index is 13.7. The lowest BCUT2D eigenvalue weighted by Gasteiger charge is -2.35. The number of H-pyrrole nitrogens is 1. The number of halogens is 1. The molecule has 6 rings (SSSR count). The number of pyridine rings is 1. The van der Waals surface area contributed by atoms with Crippen molar-refractivity contribution in [3.05, 3.63) is 59.9 Å². The molecule has 2 fully saturated rings. The monoisotopic (exact) mass is 515 g/mol. The summed E-state index contributed by atoms with van der Waals surface area (Å²) in [5.41, 5.74) is 3.26. The first-order valence-electron chi connectivity index (χ1n) is 13.1. The maximum absolute atomic E-state index is 13.7. The Morgan fingerprint density at radius 3 is 2.58 bits per heavy atom. The van der Waals surface area contributed by atoms with E-state index < -0.39 is 17.5 Å². The standard InChI is InChI=1S/C29H30FN5O3/c1-29(28(38)35-11-5-6-12-35)15-21-24(22(36)16-29)26(32-18-7-3-2-4-8-18)25(33-21)17-9-10-31-23(13-17)34-27(37)19-14-20(19)30/h2-4,7-10,13,19-20,32-33H,5-6,11-12,14-16H2,1H3,(H,31,34,37)/t19-,20+,29?/m1/s1. The number of hydrogen-bond donors (Lipinski definition) is 3. The van der Waals surface area contributed by atoms with Crippen LogP contribution < -0.4 is 10.6 Å². The molecule has 1 saturated heterocycles. The number of nitrogens with zero attached hydrogens (tertiary/aromatic N) is 2. The minimum absolute atomic E-state index is 0.0304. The van der Waals surface area contributed by atoms with Gasteiger partial charge in [0.25, 0.3) is 0 Å². The molecule has 2 amide bonds. The van der Waals surface area contributed by atoms with Gasteiger partial charge in [-0.15, -0.1) is 0 Å². The summed E-state index contributed by atoms with van der Waals surface area (Å²) in [6, 6.07) is 13.1. The second-order valence-corrected chi connectivity index (χ2v) is 10.8. The van der Waals surface area contributed by atoms with E-state index >= 15 is 0 Å². The van der Waals surface area contributed by atoms with Crippen molar-refractivity contribution in [2.45, 2.75) is 45.2 Å². The molecule has 3 N–H and O–H groups in total.